The Morgan fingerprint density at radius 3 is 2.74 bits per heavy atom. The van der Waals surface area contributed by atoms with Crippen LogP contribution >= 0.6 is 0 Å². The van der Waals surface area contributed by atoms with Gasteiger partial charge in [-0.2, -0.15) is 5.26 Å². The van der Waals surface area contributed by atoms with Crippen LogP contribution in [0.2, 0.25) is 0 Å². The summed E-state index contributed by atoms with van der Waals surface area (Å²) < 4.78 is 5.25. The largest absolute Gasteiger partial charge is 0.465 e. The fourth-order valence-corrected chi connectivity index (χ4v) is 1.98. The Hall–Kier alpha value is -2.46. The van der Waals surface area contributed by atoms with Gasteiger partial charge in [0, 0.05) is 13.1 Å². The highest BCUT2D eigenvalue weighted by Crippen LogP contribution is 2.30. The third kappa shape index (κ3) is 2.86. The van der Waals surface area contributed by atoms with Crippen LogP contribution in [0.4, 0.5) is 21.9 Å². The Morgan fingerprint density at radius 2 is 2.16 bits per heavy atom. The molecule has 1 amide bonds. The molecule has 0 aromatic heterocycles. The van der Waals surface area contributed by atoms with Gasteiger partial charge in [-0.3, -0.25) is 5.32 Å². The Balaban J connectivity index is 2.39. The fourth-order valence-electron chi connectivity index (χ4n) is 1.98. The van der Waals surface area contributed by atoms with Gasteiger partial charge in [0.1, 0.15) is 6.07 Å². The quantitative estimate of drug-likeness (QED) is 0.687. The van der Waals surface area contributed by atoms with E-state index in [2.05, 4.69) is 11.4 Å². The van der Waals surface area contributed by atoms with E-state index in [9.17, 15) is 4.79 Å². The van der Waals surface area contributed by atoms with Crippen LogP contribution in [0, 0.1) is 11.3 Å². The molecular weight excluding hydrogens is 248 g/mol. The lowest BCUT2D eigenvalue weighted by atomic mass is 10.1. The van der Waals surface area contributed by atoms with Gasteiger partial charge in [-0.05, 0) is 12.1 Å². The summed E-state index contributed by atoms with van der Waals surface area (Å²) in [6, 6.07) is 5.15. The number of hydrogen-bond acceptors (Lipinski definition) is 5. The second-order valence-electron chi connectivity index (χ2n) is 4.10. The molecule has 1 fully saturated rings. The first kappa shape index (κ1) is 13.0. The molecule has 0 atom stereocenters. The number of hydrogen-bond donors (Lipinski definition) is 3. The summed E-state index contributed by atoms with van der Waals surface area (Å²) in [6.07, 6.45) is -1.19. The number of ether oxygens (including phenoxy) is 1. The average Bonchev–Trinajstić information content (AvgIpc) is 2.41. The van der Waals surface area contributed by atoms with Gasteiger partial charge in [0.25, 0.3) is 0 Å². The summed E-state index contributed by atoms with van der Waals surface area (Å²) in [7, 11) is 0. The van der Waals surface area contributed by atoms with Crippen molar-refractivity contribution in [2.45, 2.75) is 0 Å². The molecule has 7 heteroatoms. The smallest absolute Gasteiger partial charge is 0.409 e. The van der Waals surface area contributed by atoms with Crippen LogP contribution in [0.15, 0.2) is 12.1 Å². The molecule has 1 aliphatic rings. The second kappa shape index (κ2) is 5.46. The van der Waals surface area contributed by atoms with Crippen LogP contribution in [-0.2, 0) is 4.74 Å². The molecule has 1 aliphatic heterocycles. The van der Waals surface area contributed by atoms with Gasteiger partial charge in [-0.25, -0.2) is 4.79 Å². The normalized spacial score (nSPS) is 14.8. The van der Waals surface area contributed by atoms with Crippen molar-refractivity contribution in [3.63, 3.8) is 0 Å². The first-order valence-electron chi connectivity index (χ1n) is 5.78. The predicted molar refractivity (Wildman–Crippen MR) is 70.2 cm³/mol. The highest BCUT2D eigenvalue weighted by molar-refractivity contribution is 5.90. The van der Waals surface area contributed by atoms with E-state index in [0.717, 1.165) is 0 Å². The molecule has 1 aromatic carbocycles. The number of nitrogens with two attached hydrogens (primary N) is 1. The lowest BCUT2D eigenvalue weighted by molar-refractivity contribution is 0.122. The summed E-state index contributed by atoms with van der Waals surface area (Å²) in [4.78, 5) is 12.7. The summed E-state index contributed by atoms with van der Waals surface area (Å²) >= 11 is 0. The van der Waals surface area contributed by atoms with E-state index in [4.69, 9.17) is 20.8 Å². The topological polar surface area (TPSA) is 112 Å². The lowest BCUT2D eigenvalue weighted by Crippen LogP contribution is -2.36. The maximum atomic E-state index is 10.7. The van der Waals surface area contributed by atoms with Crippen molar-refractivity contribution < 1.29 is 14.6 Å². The van der Waals surface area contributed by atoms with Gasteiger partial charge in [0.15, 0.2) is 0 Å². The first-order chi connectivity index (χ1) is 9.11. The summed E-state index contributed by atoms with van der Waals surface area (Å²) in [5, 5.41) is 20.1. The summed E-state index contributed by atoms with van der Waals surface area (Å²) in [6.45, 7) is 2.48. The van der Waals surface area contributed by atoms with E-state index in [1.54, 1.807) is 6.07 Å². The van der Waals surface area contributed by atoms with E-state index in [-0.39, 0.29) is 11.4 Å². The SMILES string of the molecule is N#Cc1cc(N)c(NC(=O)O)cc1N1CCOCC1. The minimum Gasteiger partial charge on any atom is -0.465 e. The molecule has 1 saturated heterocycles. The van der Waals surface area contributed by atoms with Crippen molar-refractivity contribution in [2.75, 3.05) is 42.3 Å². The number of nitrogen functional groups attached to an aromatic ring is 1. The Morgan fingerprint density at radius 1 is 1.47 bits per heavy atom. The lowest BCUT2D eigenvalue weighted by Gasteiger charge is -2.30. The van der Waals surface area contributed by atoms with Crippen LogP contribution in [0.25, 0.3) is 0 Å². The Bertz CT molecular complexity index is 533. The molecule has 0 saturated carbocycles. The van der Waals surface area contributed by atoms with Crippen LogP contribution in [0.3, 0.4) is 0 Å². The van der Waals surface area contributed by atoms with Crippen molar-refractivity contribution in [1.29, 1.82) is 5.26 Å². The maximum Gasteiger partial charge on any atom is 0.409 e. The highest BCUT2D eigenvalue weighted by Gasteiger charge is 2.17. The number of morpholine rings is 1. The zero-order chi connectivity index (χ0) is 13.8. The van der Waals surface area contributed by atoms with Crippen LogP contribution in [0.5, 0.6) is 0 Å². The van der Waals surface area contributed by atoms with E-state index in [0.29, 0.717) is 37.6 Å². The van der Waals surface area contributed by atoms with Crippen molar-refractivity contribution in [3.05, 3.63) is 17.7 Å². The number of nitrogens with zero attached hydrogens (tertiary/aromatic N) is 2. The molecule has 0 radical (unpaired) electrons. The molecule has 1 aromatic rings. The molecule has 2 rings (SSSR count). The van der Waals surface area contributed by atoms with Gasteiger partial charge in [-0.1, -0.05) is 0 Å². The molecule has 0 aliphatic carbocycles. The van der Waals surface area contributed by atoms with Crippen molar-refractivity contribution in [3.8, 4) is 6.07 Å². The van der Waals surface area contributed by atoms with E-state index in [1.807, 2.05) is 4.90 Å². The number of carboxylic acid groups (broad SMARTS) is 1. The minimum atomic E-state index is -1.19. The fraction of sp³-hybridized carbons (Fsp3) is 0.333. The molecule has 100 valence electrons. The van der Waals surface area contributed by atoms with Crippen LogP contribution in [-0.4, -0.2) is 37.5 Å². The second-order valence-corrected chi connectivity index (χ2v) is 4.10. The van der Waals surface area contributed by atoms with Gasteiger partial charge in [0.2, 0.25) is 0 Å². The molecule has 19 heavy (non-hydrogen) atoms. The molecule has 0 unspecified atom stereocenters. The molecular formula is C12H14N4O3. The van der Waals surface area contributed by atoms with E-state index >= 15 is 0 Å². The van der Waals surface area contributed by atoms with Crippen molar-refractivity contribution >= 4 is 23.2 Å². The minimum absolute atomic E-state index is 0.232. The van der Waals surface area contributed by atoms with Crippen molar-refractivity contribution in [1.82, 2.24) is 0 Å². The number of carbonyl (C=O) groups is 1. The number of benzene rings is 1. The number of rotatable bonds is 2. The third-order valence-electron chi connectivity index (χ3n) is 2.88. The Labute approximate surface area is 110 Å². The van der Waals surface area contributed by atoms with Gasteiger partial charge >= 0.3 is 6.09 Å². The van der Waals surface area contributed by atoms with Crippen molar-refractivity contribution in [2.24, 2.45) is 0 Å². The predicted octanol–water partition coefficient (Wildman–Crippen LogP) is 1.07. The molecule has 0 spiro atoms. The number of nitriles is 1. The Kier molecular flexibility index (Phi) is 3.73. The highest BCUT2D eigenvalue weighted by atomic mass is 16.5. The van der Waals surface area contributed by atoms with Gasteiger partial charge < -0.3 is 20.5 Å². The molecule has 7 nitrogen and oxygen atoms in total. The third-order valence-corrected chi connectivity index (χ3v) is 2.88. The van der Waals surface area contributed by atoms with E-state index < -0.39 is 6.09 Å². The zero-order valence-electron chi connectivity index (χ0n) is 10.2. The standard InChI is InChI=1S/C12H14N4O3/c13-7-8-5-9(14)10(15-12(17)18)6-11(8)16-1-3-19-4-2-16/h5-6,15H,1-4,14H2,(H,17,18). The van der Waals surface area contributed by atoms with Crippen LogP contribution in [0.1, 0.15) is 5.56 Å². The molecule has 1 heterocycles. The number of anilines is 3. The summed E-state index contributed by atoms with van der Waals surface area (Å²) in [5.74, 6) is 0. The monoisotopic (exact) mass is 262 g/mol. The summed E-state index contributed by atoms with van der Waals surface area (Å²) in [5.41, 5.74) is 7.34. The average molecular weight is 262 g/mol. The van der Waals surface area contributed by atoms with Gasteiger partial charge in [-0.15, -0.1) is 0 Å². The zero-order valence-corrected chi connectivity index (χ0v) is 10.2. The van der Waals surface area contributed by atoms with Crippen LogP contribution < -0.4 is 16.0 Å². The maximum absolute atomic E-state index is 10.7. The molecule has 4 N–H and O–H groups in total. The number of amides is 1. The molecule has 0 bridgehead atoms. The van der Waals surface area contributed by atoms with Gasteiger partial charge in [0.05, 0.1) is 35.8 Å². The number of nitrogens with one attached hydrogen (secondary N) is 1. The first-order valence-corrected chi connectivity index (χ1v) is 5.78. The van der Waals surface area contributed by atoms with E-state index in [1.165, 1.54) is 6.07 Å².